The fourth-order valence-electron chi connectivity index (χ4n) is 1.24. The maximum absolute atomic E-state index is 12.4. The first-order valence-corrected chi connectivity index (χ1v) is 4.83. The van der Waals surface area contributed by atoms with Crippen molar-refractivity contribution in [1.82, 2.24) is 9.97 Å². The fourth-order valence-corrected chi connectivity index (χ4v) is 1.70. The van der Waals surface area contributed by atoms with Crippen LogP contribution in [0.25, 0.3) is 10.9 Å². The van der Waals surface area contributed by atoms with E-state index in [9.17, 15) is 13.2 Å². The summed E-state index contributed by atoms with van der Waals surface area (Å²) in [6, 6.07) is 3.02. The Bertz CT molecular complexity index is 554. The lowest BCUT2D eigenvalue weighted by Crippen LogP contribution is -2.04. The molecule has 7 heteroatoms. The fraction of sp³-hybridized carbons (Fsp3) is 0.111. The van der Waals surface area contributed by atoms with Gasteiger partial charge in [-0.05, 0) is 29.8 Å². The van der Waals surface area contributed by atoms with Crippen LogP contribution in [0.2, 0.25) is 10.4 Å². The van der Waals surface area contributed by atoms with E-state index in [1.165, 1.54) is 6.07 Å². The van der Waals surface area contributed by atoms with Crippen LogP contribution in [0.15, 0.2) is 18.2 Å². The molecule has 0 aliphatic carbocycles. The highest BCUT2D eigenvalue weighted by Gasteiger charge is 2.30. The summed E-state index contributed by atoms with van der Waals surface area (Å²) in [5.74, 6) is 0. The van der Waals surface area contributed by atoms with E-state index in [0.717, 1.165) is 12.1 Å². The van der Waals surface area contributed by atoms with E-state index in [2.05, 4.69) is 9.97 Å². The van der Waals surface area contributed by atoms with Crippen molar-refractivity contribution in [3.63, 3.8) is 0 Å². The molecule has 0 amide bonds. The third-order valence-electron chi connectivity index (χ3n) is 1.95. The Morgan fingerprint density at radius 1 is 1.06 bits per heavy atom. The molecular formula is C9H3Cl2F3N2. The number of benzene rings is 1. The van der Waals surface area contributed by atoms with Gasteiger partial charge in [0.25, 0.3) is 0 Å². The maximum Gasteiger partial charge on any atom is 0.416 e. The Morgan fingerprint density at radius 3 is 2.38 bits per heavy atom. The molecule has 2 rings (SSSR count). The molecule has 0 N–H and O–H groups in total. The first kappa shape index (κ1) is 11.4. The standard InChI is InChI=1S/C9H3Cl2F3N2/c10-7-5-2-1-4(9(12,13)14)3-6(5)15-8(11)16-7/h1-3H. The van der Waals surface area contributed by atoms with Crippen molar-refractivity contribution >= 4 is 34.1 Å². The van der Waals surface area contributed by atoms with E-state index in [1.54, 1.807) is 0 Å². The average Bonchev–Trinajstić information content (AvgIpc) is 2.15. The first-order valence-electron chi connectivity index (χ1n) is 4.08. The maximum atomic E-state index is 12.4. The smallest absolute Gasteiger partial charge is 0.218 e. The van der Waals surface area contributed by atoms with Gasteiger partial charge in [0.2, 0.25) is 5.28 Å². The molecule has 0 atom stereocenters. The van der Waals surface area contributed by atoms with Crippen LogP contribution in [0.3, 0.4) is 0 Å². The quantitative estimate of drug-likeness (QED) is 0.533. The first-order chi connectivity index (χ1) is 7.38. The molecule has 2 nitrogen and oxygen atoms in total. The molecule has 0 bridgehead atoms. The minimum Gasteiger partial charge on any atom is -0.218 e. The largest absolute Gasteiger partial charge is 0.416 e. The Balaban J connectivity index is 2.71. The lowest BCUT2D eigenvalue weighted by atomic mass is 10.1. The number of alkyl halides is 3. The SMILES string of the molecule is FC(F)(F)c1ccc2c(Cl)nc(Cl)nc2c1. The summed E-state index contributed by atoms with van der Waals surface area (Å²) in [6.45, 7) is 0. The van der Waals surface area contributed by atoms with Gasteiger partial charge in [0.1, 0.15) is 5.15 Å². The van der Waals surface area contributed by atoms with E-state index in [-0.39, 0.29) is 16.0 Å². The molecule has 0 saturated heterocycles. The van der Waals surface area contributed by atoms with Crippen molar-refractivity contribution < 1.29 is 13.2 Å². The number of halogens is 5. The zero-order valence-electron chi connectivity index (χ0n) is 7.52. The van der Waals surface area contributed by atoms with Crippen LogP contribution in [0.1, 0.15) is 5.56 Å². The highest BCUT2D eigenvalue weighted by Crippen LogP contribution is 2.32. The number of hydrogen-bond donors (Lipinski definition) is 0. The molecule has 0 aliphatic heterocycles. The van der Waals surface area contributed by atoms with Gasteiger partial charge in [0, 0.05) is 5.39 Å². The van der Waals surface area contributed by atoms with E-state index < -0.39 is 11.7 Å². The highest BCUT2D eigenvalue weighted by molar-refractivity contribution is 6.35. The van der Waals surface area contributed by atoms with Gasteiger partial charge < -0.3 is 0 Å². The third kappa shape index (κ3) is 2.05. The van der Waals surface area contributed by atoms with Crippen LogP contribution in [0.4, 0.5) is 13.2 Å². The van der Waals surface area contributed by atoms with Crippen LogP contribution in [0, 0.1) is 0 Å². The van der Waals surface area contributed by atoms with Crippen molar-refractivity contribution in [2.24, 2.45) is 0 Å². The molecule has 0 spiro atoms. The molecule has 0 saturated carbocycles. The predicted octanol–water partition coefficient (Wildman–Crippen LogP) is 3.96. The molecule has 0 aliphatic rings. The Kier molecular flexibility index (Phi) is 2.67. The van der Waals surface area contributed by atoms with E-state index in [1.807, 2.05) is 0 Å². The molecule has 0 unspecified atom stereocenters. The average molecular weight is 267 g/mol. The van der Waals surface area contributed by atoms with Crippen LogP contribution in [0.5, 0.6) is 0 Å². The third-order valence-corrected chi connectivity index (χ3v) is 2.41. The summed E-state index contributed by atoms with van der Waals surface area (Å²) >= 11 is 11.2. The van der Waals surface area contributed by atoms with Gasteiger partial charge >= 0.3 is 6.18 Å². The predicted molar refractivity (Wildman–Crippen MR) is 54.6 cm³/mol. The Morgan fingerprint density at radius 2 is 1.75 bits per heavy atom. The van der Waals surface area contributed by atoms with E-state index >= 15 is 0 Å². The van der Waals surface area contributed by atoms with Crippen molar-refractivity contribution in [3.05, 3.63) is 34.2 Å². The summed E-state index contributed by atoms with van der Waals surface area (Å²) in [7, 11) is 0. The van der Waals surface area contributed by atoms with Gasteiger partial charge in [0.15, 0.2) is 0 Å². The lowest BCUT2D eigenvalue weighted by molar-refractivity contribution is -0.137. The van der Waals surface area contributed by atoms with Gasteiger partial charge in [-0.2, -0.15) is 13.2 Å². The number of nitrogens with zero attached hydrogens (tertiary/aromatic N) is 2. The van der Waals surface area contributed by atoms with Gasteiger partial charge in [-0.1, -0.05) is 11.6 Å². The molecule has 1 aromatic heterocycles. The van der Waals surface area contributed by atoms with Crippen molar-refractivity contribution in [1.29, 1.82) is 0 Å². The summed E-state index contributed by atoms with van der Waals surface area (Å²) in [6.07, 6.45) is -4.42. The van der Waals surface area contributed by atoms with Gasteiger partial charge in [-0.15, -0.1) is 0 Å². The molecule has 1 heterocycles. The summed E-state index contributed by atoms with van der Waals surface area (Å²) in [5, 5.41) is 0.180. The van der Waals surface area contributed by atoms with Crippen molar-refractivity contribution in [2.75, 3.05) is 0 Å². The summed E-state index contributed by atoms with van der Waals surface area (Å²) < 4.78 is 37.2. The second kappa shape index (κ2) is 3.75. The highest BCUT2D eigenvalue weighted by atomic mass is 35.5. The topological polar surface area (TPSA) is 25.8 Å². The number of hydrogen-bond acceptors (Lipinski definition) is 2. The minimum absolute atomic E-state index is 0.0312. The number of fused-ring (bicyclic) bond motifs is 1. The molecule has 2 aromatic rings. The van der Waals surface area contributed by atoms with E-state index in [0.29, 0.717) is 5.39 Å². The Labute approximate surface area is 98.0 Å². The lowest BCUT2D eigenvalue weighted by Gasteiger charge is -2.07. The molecular weight excluding hydrogens is 264 g/mol. The van der Waals surface area contributed by atoms with Gasteiger partial charge in [0.05, 0.1) is 11.1 Å². The van der Waals surface area contributed by atoms with Crippen molar-refractivity contribution in [3.8, 4) is 0 Å². The van der Waals surface area contributed by atoms with Crippen LogP contribution in [-0.2, 0) is 6.18 Å². The van der Waals surface area contributed by atoms with Crippen molar-refractivity contribution in [2.45, 2.75) is 6.18 Å². The van der Waals surface area contributed by atoms with Gasteiger partial charge in [-0.25, -0.2) is 9.97 Å². The van der Waals surface area contributed by atoms with Gasteiger partial charge in [-0.3, -0.25) is 0 Å². The molecule has 0 radical (unpaired) electrons. The summed E-state index contributed by atoms with van der Waals surface area (Å²) in [4.78, 5) is 7.31. The second-order valence-electron chi connectivity index (χ2n) is 3.01. The molecule has 0 fully saturated rings. The summed E-state index contributed by atoms with van der Waals surface area (Å²) in [5.41, 5.74) is -0.731. The minimum atomic E-state index is -4.42. The van der Waals surface area contributed by atoms with Crippen LogP contribution >= 0.6 is 23.2 Å². The Hall–Kier alpha value is -1.07. The zero-order valence-corrected chi connectivity index (χ0v) is 9.03. The molecule has 16 heavy (non-hydrogen) atoms. The molecule has 1 aromatic carbocycles. The van der Waals surface area contributed by atoms with Crippen LogP contribution < -0.4 is 0 Å². The molecule has 84 valence electrons. The van der Waals surface area contributed by atoms with E-state index in [4.69, 9.17) is 23.2 Å². The van der Waals surface area contributed by atoms with Crippen LogP contribution in [-0.4, -0.2) is 9.97 Å². The normalized spacial score (nSPS) is 12.1. The zero-order chi connectivity index (χ0) is 11.9. The monoisotopic (exact) mass is 266 g/mol. The number of aromatic nitrogens is 2. The number of rotatable bonds is 0. The second-order valence-corrected chi connectivity index (χ2v) is 3.71.